The van der Waals surface area contributed by atoms with Crippen LogP contribution >= 0.6 is 11.8 Å². The molecule has 1 N–H and O–H groups in total. The Morgan fingerprint density at radius 3 is 2.81 bits per heavy atom. The van der Waals surface area contributed by atoms with E-state index in [-0.39, 0.29) is 5.69 Å². The molecule has 6 nitrogen and oxygen atoms in total. The molecule has 1 aliphatic heterocycles. The lowest BCUT2D eigenvalue weighted by Gasteiger charge is -2.18. The molecule has 2 aromatic rings. The van der Waals surface area contributed by atoms with Gasteiger partial charge < -0.3 is 14.5 Å². The molecule has 21 heavy (non-hydrogen) atoms. The number of nitrogens with zero attached hydrogens (tertiary/aromatic N) is 2. The van der Waals surface area contributed by atoms with Gasteiger partial charge in [0.25, 0.3) is 5.91 Å². The number of hydrogen-bond acceptors (Lipinski definition) is 5. The number of hydrogen-bond donors (Lipinski definition) is 1. The number of carboxylic acids is 1. The highest BCUT2D eigenvalue weighted by molar-refractivity contribution is 7.99. The van der Waals surface area contributed by atoms with Crippen LogP contribution in [-0.4, -0.2) is 44.7 Å². The number of carbonyl (C=O) groups is 2. The molecule has 2 heterocycles. The molecular weight excluding hydrogens is 292 g/mol. The van der Waals surface area contributed by atoms with Crippen molar-refractivity contribution in [1.29, 1.82) is 0 Å². The van der Waals surface area contributed by atoms with Crippen LogP contribution in [0.5, 0.6) is 0 Å². The van der Waals surface area contributed by atoms with Gasteiger partial charge in [0.05, 0.1) is 5.88 Å². The SMILES string of the molecule is O=C(O)[C@@H]1CSCN1C(=O)c1cc(-c2ccccc2)on1. The van der Waals surface area contributed by atoms with Crippen molar-refractivity contribution >= 4 is 23.6 Å². The minimum atomic E-state index is -1.000. The first-order chi connectivity index (χ1) is 10.2. The highest BCUT2D eigenvalue weighted by Gasteiger charge is 2.36. The van der Waals surface area contributed by atoms with Crippen LogP contribution < -0.4 is 0 Å². The Hall–Kier alpha value is -2.28. The molecule has 0 unspecified atom stereocenters. The highest BCUT2D eigenvalue weighted by Crippen LogP contribution is 2.25. The third-order valence-electron chi connectivity index (χ3n) is 3.22. The quantitative estimate of drug-likeness (QED) is 0.933. The minimum absolute atomic E-state index is 0.127. The lowest BCUT2D eigenvalue weighted by molar-refractivity contribution is -0.140. The van der Waals surface area contributed by atoms with E-state index in [1.807, 2.05) is 30.3 Å². The zero-order valence-corrected chi connectivity index (χ0v) is 11.7. The smallest absolute Gasteiger partial charge is 0.327 e. The van der Waals surface area contributed by atoms with Crippen LogP contribution in [0.3, 0.4) is 0 Å². The first-order valence-electron chi connectivity index (χ1n) is 6.30. The van der Waals surface area contributed by atoms with Gasteiger partial charge in [-0.2, -0.15) is 0 Å². The van der Waals surface area contributed by atoms with Gasteiger partial charge in [-0.25, -0.2) is 4.79 Å². The molecule has 7 heteroatoms. The molecule has 0 saturated carbocycles. The van der Waals surface area contributed by atoms with Gasteiger partial charge in [-0.05, 0) is 0 Å². The predicted molar refractivity (Wildman–Crippen MR) is 76.9 cm³/mol. The Bertz CT molecular complexity index is 671. The first-order valence-corrected chi connectivity index (χ1v) is 7.46. The van der Waals surface area contributed by atoms with Gasteiger partial charge >= 0.3 is 5.97 Å². The molecule has 1 aromatic heterocycles. The van der Waals surface area contributed by atoms with Crippen LogP contribution in [0.2, 0.25) is 0 Å². The number of aliphatic carboxylic acids is 1. The van der Waals surface area contributed by atoms with E-state index in [1.165, 1.54) is 16.7 Å². The summed E-state index contributed by atoms with van der Waals surface area (Å²) in [6.07, 6.45) is 0. The summed E-state index contributed by atoms with van der Waals surface area (Å²) in [5.41, 5.74) is 0.942. The summed E-state index contributed by atoms with van der Waals surface area (Å²) in [6, 6.07) is 10.0. The maximum atomic E-state index is 12.3. The molecule has 0 radical (unpaired) electrons. The first kappa shape index (κ1) is 13.7. The van der Waals surface area contributed by atoms with Crippen LogP contribution in [0.25, 0.3) is 11.3 Å². The third kappa shape index (κ3) is 2.64. The van der Waals surface area contributed by atoms with Crippen LogP contribution in [-0.2, 0) is 4.79 Å². The average Bonchev–Trinajstić information content (AvgIpc) is 3.17. The maximum Gasteiger partial charge on any atom is 0.327 e. The summed E-state index contributed by atoms with van der Waals surface area (Å²) in [4.78, 5) is 24.8. The monoisotopic (exact) mass is 304 g/mol. The number of benzene rings is 1. The summed E-state index contributed by atoms with van der Waals surface area (Å²) in [7, 11) is 0. The largest absolute Gasteiger partial charge is 0.480 e. The second-order valence-corrected chi connectivity index (χ2v) is 5.57. The molecule has 1 atom stereocenters. The molecular formula is C14H12N2O4S. The Balaban J connectivity index is 1.83. The maximum absolute atomic E-state index is 12.3. The number of amides is 1. The molecule has 1 saturated heterocycles. The normalized spacial score (nSPS) is 17.9. The summed E-state index contributed by atoms with van der Waals surface area (Å²) in [5.74, 6) is -0.190. The van der Waals surface area contributed by atoms with Crippen LogP contribution in [0.15, 0.2) is 40.9 Å². The van der Waals surface area contributed by atoms with E-state index in [4.69, 9.17) is 9.63 Å². The number of aromatic nitrogens is 1. The Kier molecular flexibility index (Phi) is 3.66. The fraction of sp³-hybridized carbons (Fsp3) is 0.214. The number of rotatable bonds is 3. The van der Waals surface area contributed by atoms with Crippen molar-refractivity contribution in [1.82, 2.24) is 10.1 Å². The van der Waals surface area contributed by atoms with Gasteiger partial charge in [-0.3, -0.25) is 4.79 Å². The van der Waals surface area contributed by atoms with Gasteiger partial charge in [-0.15, -0.1) is 11.8 Å². The van der Waals surface area contributed by atoms with Crippen LogP contribution in [0, 0.1) is 0 Å². The van der Waals surface area contributed by atoms with Gasteiger partial charge in [-0.1, -0.05) is 35.5 Å². The zero-order chi connectivity index (χ0) is 14.8. The van der Waals surface area contributed by atoms with E-state index >= 15 is 0 Å². The molecule has 108 valence electrons. The van der Waals surface area contributed by atoms with Crippen LogP contribution in [0.1, 0.15) is 10.5 Å². The Labute approximate surface area is 124 Å². The number of thioether (sulfide) groups is 1. The molecule has 0 spiro atoms. The van der Waals surface area contributed by atoms with Crippen LogP contribution in [0.4, 0.5) is 0 Å². The van der Waals surface area contributed by atoms with E-state index in [1.54, 1.807) is 6.07 Å². The molecule has 1 amide bonds. The third-order valence-corrected chi connectivity index (χ3v) is 4.23. The molecule has 1 aromatic carbocycles. The van der Waals surface area contributed by atoms with E-state index in [2.05, 4.69) is 5.16 Å². The number of carboxylic acid groups (broad SMARTS) is 1. The minimum Gasteiger partial charge on any atom is -0.480 e. The lowest BCUT2D eigenvalue weighted by Crippen LogP contribution is -2.41. The Morgan fingerprint density at radius 2 is 2.10 bits per heavy atom. The van der Waals surface area contributed by atoms with Crippen molar-refractivity contribution in [3.05, 3.63) is 42.1 Å². The Morgan fingerprint density at radius 1 is 1.33 bits per heavy atom. The summed E-state index contributed by atoms with van der Waals surface area (Å²) in [5, 5.41) is 12.9. The number of carbonyl (C=O) groups excluding carboxylic acids is 1. The van der Waals surface area contributed by atoms with E-state index < -0.39 is 17.9 Å². The van der Waals surface area contributed by atoms with Gasteiger partial charge in [0.1, 0.15) is 6.04 Å². The lowest BCUT2D eigenvalue weighted by atomic mass is 10.1. The van der Waals surface area contributed by atoms with Crippen molar-refractivity contribution in [3.63, 3.8) is 0 Å². The van der Waals surface area contributed by atoms with E-state index in [0.717, 1.165) is 5.56 Å². The summed E-state index contributed by atoms with van der Waals surface area (Å²) < 4.78 is 5.18. The van der Waals surface area contributed by atoms with Gasteiger partial charge in [0, 0.05) is 17.4 Å². The van der Waals surface area contributed by atoms with Gasteiger partial charge in [0.2, 0.25) is 0 Å². The second-order valence-electron chi connectivity index (χ2n) is 4.57. The summed E-state index contributed by atoms with van der Waals surface area (Å²) in [6.45, 7) is 0. The molecule has 0 aliphatic carbocycles. The van der Waals surface area contributed by atoms with Crippen molar-refractivity contribution in [2.24, 2.45) is 0 Å². The van der Waals surface area contributed by atoms with Crippen molar-refractivity contribution in [2.45, 2.75) is 6.04 Å². The highest BCUT2D eigenvalue weighted by atomic mass is 32.2. The molecule has 0 bridgehead atoms. The van der Waals surface area contributed by atoms with E-state index in [9.17, 15) is 9.59 Å². The van der Waals surface area contributed by atoms with Crippen molar-refractivity contribution in [3.8, 4) is 11.3 Å². The van der Waals surface area contributed by atoms with E-state index in [0.29, 0.717) is 17.4 Å². The zero-order valence-electron chi connectivity index (χ0n) is 10.9. The van der Waals surface area contributed by atoms with Crippen molar-refractivity contribution < 1.29 is 19.2 Å². The molecule has 3 rings (SSSR count). The topological polar surface area (TPSA) is 83.6 Å². The molecule has 1 aliphatic rings. The fourth-order valence-corrected chi connectivity index (χ4v) is 3.25. The van der Waals surface area contributed by atoms with Crippen molar-refractivity contribution in [2.75, 3.05) is 11.6 Å². The standard InChI is InChI=1S/C14H12N2O4S/c17-13(16-8-21-7-11(16)14(18)19)10-6-12(20-15-10)9-4-2-1-3-5-9/h1-6,11H,7-8H2,(H,18,19)/t11-/m0/s1. The molecule has 1 fully saturated rings. The average molecular weight is 304 g/mol. The van der Waals surface area contributed by atoms with Gasteiger partial charge in [0.15, 0.2) is 11.5 Å². The predicted octanol–water partition coefficient (Wildman–Crippen LogP) is 1.94. The second kappa shape index (κ2) is 5.61. The fourth-order valence-electron chi connectivity index (χ4n) is 2.11. The summed E-state index contributed by atoms with van der Waals surface area (Å²) >= 11 is 1.41.